The van der Waals surface area contributed by atoms with Crippen molar-refractivity contribution < 1.29 is 24.5 Å². The third-order valence-electron chi connectivity index (χ3n) is 2.82. The Balaban J connectivity index is 2.14. The predicted octanol–water partition coefficient (Wildman–Crippen LogP) is 0.922. The molecule has 0 aliphatic carbocycles. The van der Waals surface area contributed by atoms with Gasteiger partial charge in [0.15, 0.2) is 6.10 Å². The number of hydrogen-bond donors (Lipinski definition) is 2. The lowest BCUT2D eigenvalue weighted by Gasteiger charge is -2.30. The molecule has 0 spiro atoms. The van der Waals surface area contributed by atoms with Crippen molar-refractivity contribution in [3.63, 3.8) is 0 Å². The van der Waals surface area contributed by atoms with Crippen LogP contribution < -0.4 is 0 Å². The van der Waals surface area contributed by atoms with Gasteiger partial charge in [0.2, 0.25) is 0 Å². The van der Waals surface area contributed by atoms with Crippen molar-refractivity contribution in [2.45, 2.75) is 6.10 Å². The molecule has 7 heteroatoms. The van der Waals surface area contributed by atoms with Crippen molar-refractivity contribution in [3.8, 4) is 5.75 Å². The zero-order chi connectivity index (χ0) is 14.0. The van der Waals surface area contributed by atoms with Gasteiger partial charge in [-0.2, -0.15) is 0 Å². The highest BCUT2D eigenvalue weighted by atomic mass is 127. The molecule has 0 aromatic heterocycles. The number of phenols is 1. The quantitative estimate of drug-likeness (QED) is 0.749. The minimum atomic E-state index is -1.08. The molecule has 1 fully saturated rings. The number of rotatable bonds is 2. The zero-order valence-electron chi connectivity index (χ0n) is 9.88. The van der Waals surface area contributed by atoms with Crippen molar-refractivity contribution >= 4 is 34.5 Å². The number of aromatic hydroxyl groups is 1. The Morgan fingerprint density at radius 1 is 1.42 bits per heavy atom. The largest absolute Gasteiger partial charge is 0.507 e. The Kier molecular flexibility index (Phi) is 4.25. The molecule has 1 atom stereocenters. The van der Waals surface area contributed by atoms with Crippen LogP contribution in [0.5, 0.6) is 5.75 Å². The monoisotopic (exact) mass is 377 g/mol. The highest BCUT2D eigenvalue weighted by molar-refractivity contribution is 14.1. The molecule has 1 saturated heterocycles. The van der Waals surface area contributed by atoms with E-state index >= 15 is 0 Å². The first-order chi connectivity index (χ1) is 8.99. The van der Waals surface area contributed by atoms with Crippen LogP contribution in [0.2, 0.25) is 0 Å². The average molecular weight is 377 g/mol. The van der Waals surface area contributed by atoms with Gasteiger partial charge < -0.3 is 19.8 Å². The summed E-state index contributed by atoms with van der Waals surface area (Å²) in [5.74, 6) is -1.35. The second-order valence-corrected chi connectivity index (χ2v) is 5.28. The molecule has 1 aromatic rings. The van der Waals surface area contributed by atoms with Crippen molar-refractivity contribution in [1.82, 2.24) is 4.90 Å². The van der Waals surface area contributed by atoms with Crippen molar-refractivity contribution in [2.24, 2.45) is 0 Å². The molecule has 2 rings (SSSR count). The molecule has 0 bridgehead atoms. The zero-order valence-corrected chi connectivity index (χ0v) is 12.0. The molecule has 1 aliphatic heterocycles. The number of amides is 1. The maximum Gasteiger partial charge on any atom is 0.334 e. The number of carbonyl (C=O) groups is 2. The molecular formula is C12H12INO5. The van der Waals surface area contributed by atoms with Gasteiger partial charge in [0, 0.05) is 12.1 Å². The highest BCUT2D eigenvalue weighted by Crippen LogP contribution is 2.22. The van der Waals surface area contributed by atoms with Gasteiger partial charge >= 0.3 is 5.97 Å². The number of carbonyl (C=O) groups excluding carboxylic acids is 1. The van der Waals surface area contributed by atoms with Gasteiger partial charge in [0.25, 0.3) is 5.91 Å². The lowest BCUT2D eigenvalue weighted by Crippen LogP contribution is -2.48. The number of hydrogen-bond acceptors (Lipinski definition) is 4. The van der Waals surface area contributed by atoms with Crippen LogP contribution in [0.3, 0.4) is 0 Å². The van der Waals surface area contributed by atoms with Crippen molar-refractivity contribution in [3.05, 3.63) is 27.3 Å². The number of morpholine rings is 1. The molecule has 1 aliphatic rings. The van der Waals surface area contributed by atoms with Gasteiger partial charge in [-0.1, -0.05) is 0 Å². The molecule has 0 saturated carbocycles. The minimum Gasteiger partial charge on any atom is -0.507 e. The first kappa shape index (κ1) is 14.1. The van der Waals surface area contributed by atoms with Crippen LogP contribution in [0.4, 0.5) is 0 Å². The van der Waals surface area contributed by atoms with E-state index in [2.05, 4.69) is 0 Å². The lowest BCUT2D eigenvalue weighted by molar-refractivity contribution is -0.154. The van der Waals surface area contributed by atoms with Crippen LogP contribution >= 0.6 is 22.6 Å². The molecule has 1 amide bonds. The molecule has 19 heavy (non-hydrogen) atoms. The Morgan fingerprint density at radius 3 is 2.79 bits per heavy atom. The van der Waals surface area contributed by atoms with Crippen molar-refractivity contribution in [2.75, 3.05) is 19.7 Å². The van der Waals surface area contributed by atoms with Gasteiger partial charge in [0.1, 0.15) is 5.75 Å². The fourth-order valence-corrected chi connectivity index (χ4v) is 2.15. The SMILES string of the molecule is O=C(O)C1CN(C(=O)c2ccc(I)c(O)c2)CCO1. The Morgan fingerprint density at radius 2 is 2.16 bits per heavy atom. The van der Waals surface area contributed by atoms with Gasteiger partial charge in [-0.3, -0.25) is 4.79 Å². The number of carboxylic acid groups (broad SMARTS) is 1. The molecule has 0 radical (unpaired) electrons. The minimum absolute atomic E-state index is 0.0148. The summed E-state index contributed by atoms with van der Waals surface area (Å²) in [5, 5.41) is 18.5. The molecule has 1 unspecified atom stereocenters. The van der Waals surface area contributed by atoms with E-state index in [0.717, 1.165) is 0 Å². The molecule has 2 N–H and O–H groups in total. The van der Waals surface area contributed by atoms with Gasteiger partial charge in [0.05, 0.1) is 16.7 Å². The Hall–Kier alpha value is -1.35. The molecular weight excluding hydrogens is 365 g/mol. The average Bonchev–Trinajstić information content (AvgIpc) is 2.41. The van der Waals surface area contributed by atoms with Crippen LogP contribution in [0.25, 0.3) is 0 Å². The van der Waals surface area contributed by atoms with E-state index in [-0.39, 0.29) is 24.8 Å². The number of nitrogens with zero attached hydrogens (tertiary/aromatic N) is 1. The summed E-state index contributed by atoms with van der Waals surface area (Å²) in [7, 11) is 0. The second kappa shape index (κ2) is 5.74. The van der Waals surface area contributed by atoms with E-state index in [4.69, 9.17) is 9.84 Å². The number of phenolic OH excluding ortho intramolecular Hbond substituents is 1. The molecule has 102 valence electrons. The molecule has 1 heterocycles. The van der Waals surface area contributed by atoms with Crippen LogP contribution in [-0.2, 0) is 9.53 Å². The number of ether oxygens (including phenoxy) is 1. The number of benzene rings is 1. The van der Waals surface area contributed by atoms with Crippen LogP contribution in [0.1, 0.15) is 10.4 Å². The molecule has 1 aromatic carbocycles. The Bertz CT molecular complexity index is 519. The number of halogens is 1. The van der Waals surface area contributed by atoms with Crippen LogP contribution in [-0.4, -0.2) is 52.8 Å². The summed E-state index contributed by atoms with van der Waals surface area (Å²) in [6.45, 7) is 0.551. The van der Waals surface area contributed by atoms with E-state index in [9.17, 15) is 14.7 Å². The topological polar surface area (TPSA) is 87.1 Å². The Labute approximate surface area is 123 Å². The molecule has 6 nitrogen and oxygen atoms in total. The van der Waals surface area contributed by atoms with Gasteiger partial charge in [-0.25, -0.2) is 4.79 Å². The lowest BCUT2D eigenvalue weighted by atomic mass is 10.1. The third kappa shape index (κ3) is 3.16. The summed E-state index contributed by atoms with van der Waals surface area (Å²) in [4.78, 5) is 24.5. The number of aliphatic carboxylic acids is 1. The standard InChI is InChI=1S/C12H12INO5/c13-8-2-1-7(5-9(8)15)11(16)14-3-4-19-10(6-14)12(17)18/h1-2,5,10,15H,3-4,6H2,(H,17,18). The summed E-state index contributed by atoms with van der Waals surface area (Å²) in [6.07, 6.45) is -0.991. The van der Waals surface area contributed by atoms with E-state index in [0.29, 0.717) is 15.7 Å². The summed E-state index contributed by atoms with van der Waals surface area (Å²) in [5.41, 5.74) is 0.337. The fraction of sp³-hybridized carbons (Fsp3) is 0.333. The maximum absolute atomic E-state index is 12.2. The summed E-state index contributed by atoms with van der Waals surface area (Å²) in [6, 6.07) is 4.63. The van der Waals surface area contributed by atoms with E-state index < -0.39 is 12.1 Å². The van der Waals surface area contributed by atoms with E-state index in [1.165, 1.54) is 11.0 Å². The van der Waals surface area contributed by atoms with Gasteiger partial charge in [-0.05, 0) is 40.8 Å². The van der Waals surface area contributed by atoms with Gasteiger partial charge in [-0.15, -0.1) is 0 Å². The first-order valence-electron chi connectivity index (χ1n) is 5.61. The second-order valence-electron chi connectivity index (χ2n) is 4.12. The van der Waals surface area contributed by atoms with Crippen LogP contribution in [0, 0.1) is 3.57 Å². The van der Waals surface area contributed by atoms with E-state index in [1.807, 2.05) is 22.6 Å². The smallest absolute Gasteiger partial charge is 0.334 e. The normalized spacial score (nSPS) is 19.2. The highest BCUT2D eigenvalue weighted by Gasteiger charge is 2.29. The summed E-state index contributed by atoms with van der Waals surface area (Å²) >= 11 is 1.96. The third-order valence-corrected chi connectivity index (χ3v) is 3.73. The first-order valence-corrected chi connectivity index (χ1v) is 6.69. The van der Waals surface area contributed by atoms with E-state index in [1.54, 1.807) is 12.1 Å². The predicted molar refractivity (Wildman–Crippen MR) is 74.1 cm³/mol. The van der Waals surface area contributed by atoms with Crippen LogP contribution in [0.15, 0.2) is 18.2 Å². The van der Waals surface area contributed by atoms with Crippen molar-refractivity contribution in [1.29, 1.82) is 0 Å². The number of carboxylic acids is 1. The fourth-order valence-electron chi connectivity index (χ4n) is 1.81. The maximum atomic E-state index is 12.2. The summed E-state index contributed by atoms with van der Waals surface area (Å²) < 4.78 is 5.71.